The third-order valence-electron chi connectivity index (χ3n) is 3.34. The van der Waals surface area contributed by atoms with Crippen LogP contribution in [0.2, 0.25) is 0 Å². The Morgan fingerprint density at radius 1 is 0.909 bits per heavy atom. The lowest BCUT2D eigenvalue weighted by Gasteiger charge is -2.02. The molecule has 0 fully saturated rings. The van der Waals surface area contributed by atoms with Crippen molar-refractivity contribution in [3.05, 3.63) is 83.9 Å². The fraction of sp³-hybridized carbons (Fsp3) is 0.0526. The van der Waals surface area contributed by atoms with Crippen molar-refractivity contribution in [2.24, 2.45) is 4.99 Å². The average molecular weight is 289 g/mol. The molecule has 3 aromatic rings. The van der Waals surface area contributed by atoms with Crippen molar-refractivity contribution in [1.29, 1.82) is 0 Å². The van der Waals surface area contributed by atoms with E-state index in [-0.39, 0.29) is 6.61 Å². The summed E-state index contributed by atoms with van der Waals surface area (Å²) in [5, 5.41) is 2.17. The van der Waals surface area contributed by atoms with Gasteiger partial charge in [0.25, 0.3) is 0 Å². The van der Waals surface area contributed by atoms with Gasteiger partial charge >= 0.3 is 6.09 Å². The number of fused-ring (bicyclic) bond motifs is 1. The molecule has 0 spiro atoms. The molecule has 0 unspecified atom stereocenters. The number of amides is 1. The van der Waals surface area contributed by atoms with Gasteiger partial charge in [0, 0.05) is 11.8 Å². The fourth-order valence-corrected chi connectivity index (χ4v) is 2.24. The van der Waals surface area contributed by atoms with E-state index in [1.54, 1.807) is 6.21 Å². The second-order valence-electron chi connectivity index (χ2n) is 4.87. The Morgan fingerprint density at radius 3 is 2.50 bits per heavy atom. The standard InChI is InChI=1S/C19H15NO2/c21-19(22-14-15-7-2-1-3-8-15)20-13-17-11-6-10-16-9-4-5-12-18(16)17/h1-13H,14H2. The lowest BCUT2D eigenvalue weighted by atomic mass is 10.1. The molecule has 3 aromatic carbocycles. The van der Waals surface area contributed by atoms with Crippen molar-refractivity contribution in [3.63, 3.8) is 0 Å². The van der Waals surface area contributed by atoms with Gasteiger partial charge in [-0.3, -0.25) is 0 Å². The van der Waals surface area contributed by atoms with E-state index in [1.807, 2.05) is 72.8 Å². The average Bonchev–Trinajstić information content (AvgIpc) is 2.59. The van der Waals surface area contributed by atoms with Crippen molar-refractivity contribution in [2.45, 2.75) is 6.61 Å². The van der Waals surface area contributed by atoms with Gasteiger partial charge in [0.05, 0.1) is 0 Å². The predicted molar refractivity (Wildman–Crippen MR) is 88.2 cm³/mol. The molecule has 108 valence electrons. The number of hydrogen-bond acceptors (Lipinski definition) is 2. The zero-order valence-corrected chi connectivity index (χ0v) is 12.0. The number of ether oxygens (including phenoxy) is 1. The molecule has 3 rings (SSSR count). The Labute approximate surface area is 128 Å². The van der Waals surface area contributed by atoms with Crippen LogP contribution in [0, 0.1) is 0 Å². The molecule has 0 aliphatic rings. The van der Waals surface area contributed by atoms with E-state index in [9.17, 15) is 4.79 Å². The van der Waals surface area contributed by atoms with Crippen LogP contribution in [0.1, 0.15) is 11.1 Å². The molecular formula is C19H15NO2. The Bertz CT molecular complexity index is 805. The summed E-state index contributed by atoms with van der Waals surface area (Å²) >= 11 is 0. The molecule has 3 heteroatoms. The predicted octanol–water partition coefficient (Wildman–Crippen LogP) is 4.60. The summed E-state index contributed by atoms with van der Waals surface area (Å²) in [4.78, 5) is 15.6. The summed E-state index contributed by atoms with van der Waals surface area (Å²) in [5.74, 6) is 0. The molecule has 0 atom stereocenters. The molecule has 0 N–H and O–H groups in total. The Kier molecular flexibility index (Phi) is 4.25. The normalized spacial score (nSPS) is 10.9. The highest BCUT2D eigenvalue weighted by Crippen LogP contribution is 2.16. The summed E-state index contributed by atoms with van der Waals surface area (Å²) in [5.41, 5.74) is 1.84. The van der Waals surface area contributed by atoms with Gasteiger partial charge in [-0.1, -0.05) is 72.8 Å². The Balaban J connectivity index is 1.69. The maximum atomic E-state index is 11.7. The zero-order valence-electron chi connectivity index (χ0n) is 12.0. The molecule has 0 aliphatic heterocycles. The molecule has 0 aliphatic carbocycles. The van der Waals surface area contributed by atoms with Gasteiger partial charge in [-0.2, -0.15) is 4.99 Å². The maximum absolute atomic E-state index is 11.7. The first-order valence-electron chi connectivity index (χ1n) is 7.05. The van der Waals surface area contributed by atoms with Gasteiger partial charge in [0.15, 0.2) is 0 Å². The second-order valence-corrected chi connectivity index (χ2v) is 4.87. The van der Waals surface area contributed by atoms with Gasteiger partial charge in [-0.05, 0) is 16.3 Å². The topological polar surface area (TPSA) is 38.7 Å². The summed E-state index contributed by atoms with van der Waals surface area (Å²) in [6, 6.07) is 23.4. The number of aliphatic imine (C=N–C) groups is 1. The van der Waals surface area contributed by atoms with Crippen LogP contribution in [-0.4, -0.2) is 12.3 Å². The van der Waals surface area contributed by atoms with Crippen LogP contribution in [0.25, 0.3) is 10.8 Å². The highest BCUT2D eigenvalue weighted by Gasteiger charge is 2.01. The summed E-state index contributed by atoms with van der Waals surface area (Å²) < 4.78 is 5.13. The molecule has 0 bridgehead atoms. The minimum atomic E-state index is -0.586. The van der Waals surface area contributed by atoms with Crippen LogP contribution in [0.4, 0.5) is 4.79 Å². The molecule has 3 nitrogen and oxygen atoms in total. The van der Waals surface area contributed by atoms with Gasteiger partial charge in [0.2, 0.25) is 0 Å². The first kappa shape index (κ1) is 14.0. The largest absolute Gasteiger partial charge is 0.443 e. The van der Waals surface area contributed by atoms with E-state index in [0.717, 1.165) is 21.9 Å². The number of benzene rings is 3. The van der Waals surface area contributed by atoms with Crippen LogP contribution < -0.4 is 0 Å². The maximum Gasteiger partial charge on any atom is 0.433 e. The van der Waals surface area contributed by atoms with Gasteiger partial charge in [-0.15, -0.1) is 0 Å². The molecule has 0 heterocycles. The van der Waals surface area contributed by atoms with Crippen LogP contribution in [0.3, 0.4) is 0 Å². The van der Waals surface area contributed by atoms with Crippen molar-refractivity contribution < 1.29 is 9.53 Å². The van der Waals surface area contributed by atoms with E-state index in [0.29, 0.717) is 0 Å². The monoisotopic (exact) mass is 289 g/mol. The minimum Gasteiger partial charge on any atom is -0.443 e. The number of rotatable bonds is 3. The second kappa shape index (κ2) is 6.68. The summed E-state index contributed by atoms with van der Waals surface area (Å²) in [7, 11) is 0. The van der Waals surface area contributed by atoms with Crippen molar-refractivity contribution in [1.82, 2.24) is 0 Å². The van der Waals surface area contributed by atoms with Gasteiger partial charge < -0.3 is 4.74 Å². The van der Waals surface area contributed by atoms with E-state index in [1.165, 1.54) is 0 Å². The Morgan fingerprint density at radius 2 is 1.64 bits per heavy atom. The van der Waals surface area contributed by atoms with Crippen LogP contribution in [-0.2, 0) is 11.3 Å². The first-order chi connectivity index (χ1) is 10.8. The van der Waals surface area contributed by atoms with E-state index < -0.39 is 6.09 Å². The fourth-order valence-electron chi connectivity index (χ4n) is 2.24. The summed E-state index contributed by atoms with van der Waals surface area (Å²) in [6.07, 6.45) is 0.965. The molecule has 0 saturated heterocycles. The van der Waals surface area contributed by atoms with E-state index in [4.69, 9.17) is 4.74 Å². The molecule has 1 amide bonds. The third-order valence-corrected chi connectivity index (χ3v) is 3.34. The lowest BCUT2D eigenvalue weighted by Crippen LogP contribution is -2.00. The van der Waals surface area contributed by atoms with Gasteiger partial charge in [-0.25, -0.2) is 4.79 Å². The first-order valence-corrected chi connectivity index (χ1v) is 7.05. The van der Waals surface area contributed by atoms with Crippen molar-refractivity contribution in [2.75, 3.05) is 0 Å². The number of carbonyl (C=O) groups is 1. The molecule has 0 radical (unpaired) electrons. The Hall–Kier alpha value is -2.94. The van der Waals surface area contributed by atoms with Gasteiger partial charge in [0.1, 0.15) is 6.61 Å². The highest BCUT2D eigenvalue weighted by atomic mass is 16.5. The number of nitrogens with zero attached hydrogens (tertiary/aromatic N) is 1. The van der Waals surface area contributed by atoms with Crippen molar-refractivity contribution >= 4 is 23.1 Å². The SMILES string of the molecule is O=C(N=Cc1cccc2ccccc12)OCc1ccccc1. The van der Waals surface area contributed by atoms with Crippen LogP contribution in [0.5, 0.6) is 0 Å². The van der Waals surface area contributed by atoms with E-state index in [2.05, 4.69) is 4.99 Å². The highest BCUT2D eigenvalue weighted by molar-refractivity contribution is 6.02. The lowest BCUT2D eigenvalue weighted by molar-refractivity contribution is 0.151. The van der Waals surface area contributed by atoms with Crippen molar-refractivity contribution in [3.8, 4) is 0 Å². The third kappa shape index (κ3) is 3.38. The number of hydrogen-bond donors (Lipinski definition) is 0. The summed E-state index contributed by atoms with van der Waals surface area (Å²) in [6.45, 7) is 0.229. The van der Waals surface area contributed by atoms with Crippen LogP contribution >= 0.6 is 0 Å². The smallest absolute Gasteiger partial charge is 0.433 e. The minimum absolute atomic E-state index is 0.229. The zero-order chi connectivity index (χ0) is 15.2. The molecule has 22 heavy (non-hydrogen) atoms. The molecule has 0 saturated carbocycles. The van der Waals surface area contributed by atoms with Crippen LogP contribution in [0.15, 0.2) is 77.8 Å². The quantitative estimate of drug-likeness (QED) is 0.661. The van der Waals surface area contributed by atoms with E-state index >= 15 is 0 Å². The molecular weight excluding hydrogens is 274 g/mol. The number of carbonyl (C=O) groups excluding carboxylic acids is 1. The molecule has 0 aromatic heterocycles.